The number of nitrogens with two attached hydrogens (primary N) is 1. The Hall–Kier alpha value is -1.97. The van der Waals surface area contributed by atoms with Crippen molar-refractivity contribution >= 4 is 12.0 Å². The summed E-state index contributed by atoms with van der Waals surface area (Å²) in [5, 5.41) is 5.81. The number of hydrogen-bond donors (Lipinski definition) is 3. The average Bonchev–Trinajstić information content (AvgIpc) is 2.48. The van der Waals surface area contributed by atoms with E-state index in [9.17, 15) is 4.79 Å². The summed E-state index contributed by atoms with van der Waals surface area (Å²) in [7, 11) is 3.64. The number of rotatable bonds is 3. The van der Waals surface area contributed by atoms with Gasteiger partial charge in [0.25, 0.3) is 0 Å². The van der Waals surface area contributed by atoms with E-state index in [1.807, 2.05) is 33.0 Å². The number of allylic oxidation sites excluding steroid dienone is 2. The molecule has 0 radical (unpaired) electrons. The van der Waals surface area contributed by atoms with Crippen molar-refractivity contribution in [3.63, 3.8) is 0 Å². The fourth-order valence-electron chi connectivity index (χ4n) is 1.03. The predicted molar refractivity (Wildman–Crippen MR) is 84.1 cm³/mol. The Bertz CT molecular complexity index is 387. The number of anilines is 1. The van der Waals surface area contributed by atoms with Crippen LogP contribution in [0.2, 0.25) is 0 Å². The highest BCUT2D eigenvalue weighted by atomic mass is 16.1. The predicted octanol–water partition coefficient (Wildman–Crippen LogP) is 2.66. The zero-order chi connectivity index (χ0) is 15.3. The Morgan fingerprint density at radius 1 is 1.26 bits per heavy atom. The maximum Gasteiger partial charge on any atom is 0.167 e. The maximum absolute atomic E-state index is 9.88. The number of hydrogen-bond acceptors (Lipinski definition) is 4. The van der Waals surface area contributed by atoms with E-state index in [1.54, 1.807) is 14.0 Å². The third-order valence-corrected chi connectivity index (χ3v) is 2.24. The quantitative estimate of drug-likeness (QED) is 0.580. The molecule has 0 aliphatic carbocycles. The van der Waals surface area contributed by atoms with Crippen LogP contribution in [0.15, 0.2) is 35.7 Å². The van der Waals surface area contributed by atoms with Gasteiger partial charge in [-0.05, 0) is 31.5 Å². The normalized spacial score (nSPS) is 9.79. The molecule has 0 aliphatic heterocycles. The molecule has 1 aromatic rings. The molecule has 108 valence electrons. The van der Waals surface area contributed by atoms with Crippen LogP contribution in [0.3, 0.4) is 0 Å². The van der Waals surface area contributed by atoms with Crippen molar-refractivity contribution in [1.82, 2.24) is 5.32 Å². The lowest BCUT2D eigenvalue weighted by atomic mass is 10.2. The van der Waals surface area contributed by atoms with Gasteiger partial charge in [0.05, 0.1) is 5.70 Å². The van der Waals surface area contributed by atoms with Gasteiger partial charge in [-0.3, -0.25) is 4.79 Å². The van der Waals surface area contributed by atoms with E-state index < -0.39 is 0 Å². The highest BCUT2D eigenvalue weighted by molar-refractivity contribution is 5.72. The molecule has 0 spiro atoms. The smallest absolute Gasteiger partial charge is 0.167 e. The molecule has 0 unspecified atom stereocenters. The maximum atomic E-state index is 9.88. The first kappa shape index (κ1) is 19.4. The van der Waals surface area contributed by atoms with Crippen LogP contribution in [-0.2, 0) is 4.79 Å². The van der Waals surface area contributed by atoms with Gasteiger partial charge >= 0.3 is 0 Å². The summed E-state index contributed by atoms with van der Waals surface area (Å²) in [6, 6.07) is 8.29. The first-order chi connectivity index (χ1) is 9.04. The van der Waals surface area contributed by atoms with Crippen LogP contribution in [0, 0.1) is 6.92 Å². The average molecular weight is 265 g/mol. The molecule has 1 rings (SSSR count). The Morgan fingerprint density at radius 3 is 2.11 bits per heavy atom. The van der Waals surface area contributed by atoms with Crippen molar-refractivity contribution in [2.45, 2.75) is 27.7 Å². The highest BCUT2D eigenvalue weighted by Gasteiger charge is 1.88. The Morgan fingerprint density at radius 2 is 1.84 bits per heavy atom. The van der Waals surface area contributed by atoms with Crippen LogP contribution in [-0.4, -0.2) is 20.4 Å². The van der Waals surface area contributed by atoms with Gasteiger partial charge in [0, 0.05) is 25.5 Å². The van der Waals surface area contributed by atoms with Gasteiger partial charge in [-0.15, -0.1) is 0 Å². The third kappa shape index (κ3) is 9.71. The van der Waals surface area contributed by atoms with Crippen LogP contribution in [0.4, 0.5) is 5.69 Å². The van der Waals surface area contributed by atoms with Gasteiger partial charge in [-0.1, -0.05) is 26.0 Å². The number of carbonyl (C=O) groups is 1. The number of aryl methyl sites for hydroxylation is 1. The zero-order valence-electron chi connectivity index (χ0n) is 12.9. The molecule has 0 saturated carbocycles. The lowest BCUT2D eigenvalue weighted by molar-refractivity contribution is -0.105. The van der Waals surface area contributed by atoms with Crippen molar-refractivity contribution < 1.29 is 4.79 Å². The molecule has 4 N–H and O–H groups in total. The van der Waals surface area contributed by atoms with Gasteiger partial charge in [0.2, 0.25) is 0 Å². The van der Waals surface area contributed by atoms with E-state index in [0.717, 1.165) is 0 Å². The summed E-state index contributed by atoms with van der Waals surface area (Å²) < 4.78 is 0. The monoisotopic (exact) mass is 265 g/mol. The van der Waals surface area contributed by atoms with Crippen molar-refractivity contribution in [1.29, 1.82) is 0 Å². The van der Waals surface area contributed by atoms with Gasteiger partial charge < -0.3 is 16.4 Å². The molecular weight excluding hydrogens is 238 g/mol. The molecule has 0 saturated heterocycles. The minimum Gasteiger partial charge on any atom is -0.395 e. The van der Waals surface area contributed by atoms with Gasteiger partial charge in [0.15, 0.2) is 6.29 Å². The Labute approximate surface area is 117 Å². The molecule has 0 atom stereocenters. The Kier molecular flexibility index (Phi) is 12.7. The highest BCUT2D eigenvalue weighted by Crippen LogP contribution is 2.07. The zero-order valence-corrected chi connectivity index (χ0v) is 12.9. The molecule has 1 aromatic carbocycles. The third-order valence-electron chi connectivity index (χ3n) is 2.24. The summed E-state index contributed by atoms with van der Waals surface area (Å²) in [5.74, 6) is 0. The van der Waals surface area contributed by atoms with Crippen LogP contribution < -0.4 is 16.4 Å². The fraction of sp³-hybridized carbons (Fsp3) is 0.400. The Balaban J connectivity index is 0. The van der Waals surface area contributed by atoms with E-state index in [0.29, 0.717) is 12.0 Å². The first-order valence-corrected chi connectivity index (χ1v) is 6.38. The second-order valence-corrected chi connectivity index (χ2v) is 3.57. The van der Waals surface area contributed by atoms with Gasteiger partial charge in [-0.25, -0.2) is 0 Å². The molecule has 0 aliphatic rings. The van der Waals surface area contributed by atoms with E-state index in [1.165, 1.54) is 11.3 Å². The molecule has 0 amide bonds. The molecule has 4 heteroatoms. The van der Waals surface area contributed by atoms with Crippen LogP contribution in [0.5, 0.6) is 0 Å². The summed E-state index contributed by atoms with van der Waals surface area (Å²) in [6.07, 6.45) is 0.617. The molecular formula is C15H27N3O. The summed E-state index contributed by atoms with van der Waals surface area (Å²) in [4.78, 5) is 9.88. The molecule has 0 aromatic heterocycles. The second kappa shape index (κ2) is 12.5. The largest absolute Gasteiger partial charge is 0.395 e. The van der Waals surface area contributed by atoms with Crippen molar-refractivity contribution in [3.8, 4) is 0 Å². The van der Waals surface area contributed by atoms with E-state index in [2.05, 4.69) is 29.7 Å². The first-order valence-electron chi connectivity index (χ1n) is 6.38. The minimum absolute atomic E-state index is 0.257. The molecule has 19 heavy (non-hydrogen) atoms. The summed E-state index contributed by atoms with van der Waals surface area (Å²) >= 11 is 0. The summed E-state index contributed by atoms with van der Waals surface area (Å²) in [6.45, 7) is 7.82. The van der Waals surface area contributed by atoms with Crippen LogP contribution in [0.1, 0.15) is 26.3 Å². The lowest BCUT2D eigenvalue weighted by Gasteiger charge is -1.98. The van der Waals surface area contributed by atoms with Gasteiger partial charge in [-0.2, -0.15) is 0 Å². The SMILES string of the molecule is CC.CN/C(C)=C(/N)C=O.CNc1cccc(C)c1. The van der Waals surface area contributed by atoms with Crippen LogP contribution in [0.25, 0.3) is 0 Å². The van der Waals surface area contributed by atoms with Crippen molar-refractivity contribution in [2.75, 3.05) is 19.4 Å². The molecule has 4 nitrogen and oxygen atoms in total. The van der Waals surface area contributed by atoms with Crippen LogP contribution >= 0.6 is 0 Å². The molecule has 0 bridgehead atoms. The number of nitrogens with one attached hydrogen (secondary N) is 2. The van der Waals surface area contributed by atoms with Gasteiger partial charge in [0.1, 0.15) is 0 Å². The number of benzene rings is 1. The second-order valence-electron chi connectivity index (χ2n) is 3.57. The molecule has 0 heterocycles. The van der Waals surface area contributed by atoms with E-state index >= 15 is 0 Å². The lowest BCUT2D eigenvalue weighted by Crippen LogP contribution is -2.11. The fourth-order valence-corrected chi connectivity index (χ4v) is 1.03. The van der Waals surface area contributed by atoms with E-state index in [4.69, 9.17) is 5.73 Å². The standard InChI is InChI=1S/C8H11N.C5H10N2O.C2H6/c1-7-4-3-5-8(6-7)9-2;1-4(7-2)5(6)3-8;1-2/h3-6,9H,1-2H3;3,7H,6H2,1-2H3;1-2H3/b;5-4+;. The number of aldehydes is 1. The minimum atomic E-state index is 0.257. The van der Waals surface area contributed by atoms with Crippen molar-refractivity contribution in [2.24, 2.45) is 5.73 Å². The van der Waals surface area contributed by atoms with E-state index in [-0.39, 0.29) is 5.70 Å². The molecule has 0 fully saturated rings. The van der Waals surface area contributed by atoms with Crippen molar-refractivity contribution in [3.05, 3.63) is 41.2 Å². The number of carbonyl (C=O) groups excluding carboxylic acids is 1. The topological polar surface area (TPSA) is 67.1 Å². The summed E-state index contributed by atoms with van der Waals surface area (Å²) in [5.41, 5.74) is 8.61.